The molecule has 2 aliphatic heterocycles. The van der Waals surface area contributed by atoms with Gasteiger partial charge in [-0.15, -0.1) is 0 Å². The minimum atomic E-state index is -0.768. The Balaban J connectivity index is 1.80. The Labute approximate surface area is 120 Å². The highest BCUT2D eigenvalue weighted by Crippen LogP contribution is 2.26. The topological polar surface area (TPSA) is 103 Å². The summed E-state index contributed by atoms with van der Waals surface area (Å²) in [4.78, 5) is 16.2. The van der Waals surface area contributed by atoms with Crippen molar-refractivity contribution in [3.63, 3.8) is 0 Å². The van der Waals surface area contributed by atoms with Gasteiger partial charge in [-0.3, -0.25) is 10.1 Å². The number of nitrogens with one attached hydrogen (secondary N) is 1. The van der Waals surface area contributed by atoms with Crippen molar-refractivity contribution < 1.29 is 18.8 Å². The lowest BCUT2D eigenvalue weighted by Gasteiger charge is -2.40. The molecule has 0 radical (unpaired) electrons. The van der Waals surface area contributed by atoms with E-state index in [4.69, 9.17) is 13.9 Å². The van der Waals surface area contributed by atoms with Gasteiger partial charge >= 0.3 is 0 Å². The normalized spacial score (nSPS) is 22.7. The quantitative estimate of drug-likeness (QED) is 0.623. The lowest BCUT2D eigenvalue weighted by Crippen LogP contribution is -2.57. The Hall–Kier alpha value is -2.13. The van der Waals surface area contributed by atoms with E-state index >= 15 is 0 Å². The molecule has 1 spiro atoms. The number of hydrogen-bond acceptors (Lipinski definition) is 8. The predicted molar refractivity (Wildman–Crippen MR) is 69.4 cm³/mol. The molecular formula is C12H16N4O5. The first kappa shape index (κ1) is 13.8. The molecule has 0 unspecified atom stereocenters. The highest BCUT2D eigenvalue weighted by molar-refractivity contribution is 5.05. The van der Waals surface area contributed by atoms with E-state index in [1.54, 1.807) is 11.2 Å². The molecule has 2 saturated heterocycles. The summed E-state index contributed by atoms with van der Waals surface area (Å²) in [6.45, 7) is 3.90. The molecular weight excluding hydrogens is 280 g/mol. The van der Waals surface area contributed by atoms with Crippen molar-refractivity contribution in [2.24, 2.45) is 0 Å². The molecule has 1 aromatic rings. The van der Waals surface area contributed by atoms with Crippen LogP contribution in [0, 0.1) is 17.0 Å². The average Bonchev–Trinajstić information content (AvgIpc) is 3.03. The Morgan fingerprint density at radius 2 is 2.33 bits per heavy atom. The third kappa shape index (κ3) is 2.98. The molecule has 3 rings (SSSR count). The summed E-state index contributed by atoms with van der Waals surface area (Å²) in [5.74, 6) is 0.106. The van der Waals surface area contributed by atoms with Crippen molar-refractivity contribution in [3.05, 3.63) is 40.0 Å². The van der Waals surface area contributed by atoms with E-state index in [1.165, 1.54) is 0 Å². The zero-order chi connectivity index (χ0) is 14.9. The molecule has 0 aromatic carbocycles. The summed E-state index contributed by atoms with van der Waals surface area (Å²) in [7, 11) is 0. The summed E-state index contributed by atoms with van der Waals surface area (Å²) < 4.78 is 16.6. The summed E-state index contributed by atoms with van der Waals surface area (Å²) in [5, 5.41) is 13.7. The SMILES string of the molecule is Cc1coc(CN2CC3(CN/C2=C\[N+](=O)[O-])OCCO3)n1. The van der Waals surface area contributed by atoms with Crippen LogP contribution in [0.2, 0.25) is 0 Å². The molecule has 114 valence electrons. The lowest BCUT2D eigenvalue weighted by atomic mass is 10.2. The van der Waals surface area contributed by atoms with E-state index in [9.17, 15) is 10.1 Å². The fraction of sp³-hybridized carbons (Fsp3) is 0.583. The van der Waals surface area contributed by atoms with Gasteiger partial charge in [0.05, 0.1) is 43.5 Å². The van der Waals surface area contributed by atoms with Crippen molar-refractivity contribution in [3.8, 4) is 0 Å². The number of nitrogens with zero attached hydrogens (tertiary/aromatic N) is 3. The maximum Gasteiger partial charge on any atom is 0.274 e. The van der Waals surface area contributed by atoms with Gasteiger partial charge in [0.1, 0.15) is 6.26 Å². The molecule has 21 heavy (non-hydrogen) atoms. The Bertz CT molecular complexity index is 564. The van der Waals surface area contributed by atoms with E-state index in [2.05, 4.69) is 10.3 Å². The van der Waals surface area contributed by atoms with Crippen molar-refractivity contribution in [1.82, 2.24) is 15.2 Å². The number of hydrogen-bond donors (Lipinski definition) is 1. The molecule has 9 nitrogen and oxygen atoms in total. The Morgan fingerprint density at radius 3 is 2.95 bits per heavy atom. The monoisotopic (exact) mass is 296 g/mol. The first-order valence-electron chi connectivity index (χ1n) is 6.59. The van der Waals surface area contributed by atoms with Gasteiger partial charge in [0.2, 0.25) is 11.7 Å². The van der Waals surface area contributed by atoms with Crippen LogP contribution in [0.1, 0.15) is 11.6 Å². The van der Waals surface area contributed by atoms with Crippen LogP contribution < -0.4 is 5.32 Å². The van der Waals surface area contributed by atoms with Crippen LogP contribution in [0.15, 0.2) is 22.7 Å². The molecule has 2 aliphatic rings. The predicted octanol–water partition coefficient (Wildman–Crippen LogP) is 0.207. The molecule has 9 heteroatoms. The van der Waals surface area contributed by atoms with Crippen LogP contribution in [0.25, 0.3) is 0 Å². The average molecular weight is 296 g/mol. The number of aromatic nitrogens is 1. The molecule has 0 atom stereocenters. The van der Waals surface area contributed by atoms with Crippen molar-refractivity contribution >= 4 is 0 Å². The fourth-order valence-electron chi connectivity index (χ4n) is 2.47. The number of nitro groups is 1. The second-order valence-electron chi connectivity index (χ2n) is 5.00. The minimum absolute atomic E-state index is 0.301. The van der Waals surface area contributed by atoms with Crippen molar-refractivity contribution in [1.29, 1.82) is 0 Å². The van der Waals surface area contributed by atoms with Gasteiger partial charge in [0, 0.05) is 0 Å². The zero-order valence-corrected chi connectivity index (χ0v) is 11.6. The fourth-order valence-corrected chi connectivity index (χ4v) is 2.47. The van der Waals surface area contributed by atoms with Gasteiger partial charge < -0.3 is 24.1 Å². The van der Waals surface area contributed by atoms with Gasteiger partial charge in [0.25, 0.3) is 6.20 Å². The van der Waals surface area contributed by atoms with Crippen LogP contribution in [0.5, 0.6) is 0 Å². The van der Waals surface area contributed by atoms with Crippen LogP contribution >= 0.6 is 0 Å². The number of aryl methyl sites for hydroxylation is 1. The first-order valence-corrected chi connectivity index (χ1v) is 6.59. The van der Waals surface area contributed by atoms with E-state index in [0.717, 1.165) is 11.9 Å². The molecule has 0 amide bonds. The third-order valence-electron chi connectivity index (χ3n) is 3.35. The van der Waals surface area contributed by atoms with E-state index in [0.29, 0.717) is 44.6 Å². The van der Waals surface area contributed by atoms with Gasteiger partial charge in [-0.25, -0.2) is 4.98 Å². The van der Waals surface area contributed by atoms with Crippen LogP contribution in [-0.4, -0.2) is 46.9 Å². The molecule has 0 saturated carbocycles. The summed E-state index contributed by atoms with van der Waals surface area (Å²) >= 11 is 0. The minimum Gasteiger partial charge on any atom is -0.447 e. The largest absolute Gasteiger partial charge is 0.447 e. The Morgan fingerprint density at radius 1 is 1.57 bits per heavy atom. The molecule has 1 N–H and O–H groups in total. The smallest absolute Gasteiger partial charge is 0.274 e. The molecule has 0 aliphatic carbocycles. The maximum atomic E-state index is 10.7. The first-order chi connectivity index (χ1) is 10.1. The summed E-state index contributed by atoms with van der Waals surface area (Å²) in [6.07, 6.45) is 2.47. The summed E-state index contributed by atoms with van der Waals surface area (Å²) in [5.41, 5.74) is 0.762. The van der Waals surface area contributed by atoms with Crippen molar-refractivity contribution in [2.45, 2.75) is 19.3 Å². The molecule has 2 fully saturated rings. The van der Waals surface area contributed by atoms with Gasteiger partial charge in [-0.05, 0) is 6.92 Å². The standard InChI is InChI=1S/C12H16N4O5/c1-9-6-19-11(14-9)5-15-8-12(20-2-3-21-12)7-13-10(15)4-16(17)18/h4,6,13H,2-3,5,7-8H2,1H3/b10-4+. The van der Waals surface area contributed by atoms with Crippen LogP contribution in [-0.2, 0) is 16.0 Å². The third-order valence-corrected chi connectivity index (χ3v) is 3.35. The van der Waals surface area contributed by atoms with Crippen molar-refractivity contribution in [2.75, 3.05) is 26.3 Å². The second kappa shape index (κ2) is 5.34. The van der Waals surface area contributed by atoms with E-state index < -0.39 is 10.7 Å². The highest BCUT2D eigenvalue weighted by Gasteiger charge is 2.43. The highest BCUT2D eigenvalue weighted by atomic mass is 16.7. The van der Waals surface area contributed by atoms with Crippen LogP contribution in [0.3, 0.4) is 0 Å². The number of rotatable bonds is 3. The molecule has 3 heterocycles. The van der Waals surface area contributed by atoms with Gasteiger partial charge in [-0.1, -0.05) is 0 Å². The number of ether oxygens (including phenoxy) is 2. The van der Waals surface area contributed by atoms with E-state index in [1.807, 2.05) is 6.92 Å². The van der Waals surface area contributed by atoms with Crippen LogP contribution in [0.4, 0.5) is 0 Å². The molecule has 0 bridgehead atoms. The lowest BCUT2D eigenvalue weighted by molar-refractivity contribution is -0.405. The maximum absolute atomic E-state index is 10.7. The second-order valence-corrected chi connectivity index (χ2v) is 5.00. The Kier molecular flexibility index (Phi) is 3.52. The number of oxazole rings is 1. The van der Waals surface area contributed by atoms with E-state index in [-0.39, 0.29) is 0 Å². The summed E-state index contributed by atoms with van der Waals surface area (Å²) in [6, 6.07) is 0. The zero-order valence-electron chi connectivity index (χ0n) is 11.6. The molecule has 1 aromatic heterocycles. The van der Waals surface area contributed by atoms with Gasteiger partial charge in [-0.2, -0.15) is 0 Å². The van der Waals surface area contributed by atoms with Gasteiger partial charge in [0.15, 0.2) is 5.82 Å².